The number of carbonyl (C=O) groups is 4. The highest BCUT2D eigenvalue weighted by Crippen LogP contribution is 2.62. The third-order valence-corrected chi connectivity index (χ3v) is 26.8. The summed E-state index contributed by atoms with van der Waals surface area (Å²) in [5.41, 5.74) is -2.30. The summed E-state index contributed by atoms with van der Waals surface area (Å²) in [6.45, 7) is 25.1. The second kappa shape index (κ2) is 39.4. The van der Waals surface area contributed by atoms with Crippen molar-refractivity contribution in [1.29, 1.82) is 0 Å². The number of carbonyl (C=O) groups excluding carboxylic acids is 4. The molecule has 8 saturated carbocycles. The average Bonchev–Trinajstić information content (AvgIpc) is 1.70. The molecule has 0 radical (unpaired) electrons. The Hall–Kier alpha value is -5.19. The van der Waals surface area contributed by atoms with Gasteiger partial charge in [0.25, 0.3) is 0 Å². The van der Waals surface area contributed by atoms with Gasteiger partial charge in [-0.05, 0) is 210 Å². The van der Waals surface area contributed by atoms with Crippen molar-refractivity contribution in [3.63, 3.8) is 0 Å². The van der Waals surface area contributed by atoms with Gasteiger partial charge in [0.05, 0.1) is 77.8 Å². The van der Waals surface area contributed by atoms with Crippen molar-refractivity contribution in [2.75, 3.05) is 80.5 Å². The summed E-state index contributed by atoms with van der Waals surface area (Å²) in [6, 6.07) is 32.2. The molecule has 7 unspecified atom stereocenters. The molecule has 634 valence electrons. The summed E-state index contributed by atoms with van der Waals surface area (Å²) in [5, 5.41) is 12.2. The first-order valence-electron chi connectivity index (χ1n) is 38.8. The zero-order valence-corrected chi connectivity index (χ0v) is 68.0. The Morgan fingerprint density at radius 1 is 0.571 bits per heavy atom. The summed E-state index contributed by atoms with van der Waals surface area (Å²) in [6.07, 6.45) is 7.95. The first-order valence-corrected chi connectivity index (χ1v) is 41.4. The van der Waals surface area contributed by atoms with Gasteiger partial charge < -0.3 is 62.1 Å². The van der Waals surface area contributed by atoms with Crippen LogP contribution in [0.15, 0.2) is 106 Å². The predicted molar refractivity (Wildman–Crippen MR) is 395 cm³/mol. The number of fused-ring (bicyclic) bond motifs is 1. The lowest BCUT2D eigenvalue weighted by Gasteiger charge is -2.60. The zero-order chi connectivity index (χ0) is 83.1. The Balaban J connectivity index is 0.000000187. The quantitative estimate of drug-likeness (QED) is 0.0115. The van der Waals surface area contributed by atoms with E-state index in [9.17, 15) is 76.8 Å². The van der Waals surface area contributed by atoms with Crippen molar-refractivity contribution < 1.29 is 129 Å². The van der Waals surface area contributed by atoms with Crippen molar-refractivity contribution in [2.45, 2.75) is 251 Å². The fourth-order valence-electron chi connectivity index (χ4n) is 16.8. The van der Waals surface area contributed by atoms with Crippen LogP contribution in [0.5, 0.6) is 0 Å². The molecule has 3 aliphatic heterocycles. The van der Waals surface area contributed by atoms with Crippen LogP contribution in [0.4, 0.5) is 39.5 Å². The van der Waals surface area contributed by atoms with E-state index in [2.05, 4.69) is 110 Å². The Bertz CT molecular complexity index is 3420. The first kappa shape index (κ1) is 94.0. The fourth-order valence-corrected chi connectivity index (χ4v) is 19.3. The standard InChI is InChI=1S/C18H30O2.C18H15S.C16H26O3.C13H18O5.C12H27NO6.C4HF9O3S/c1-5-17(3,4)16(19)20-18(6-2)14-8-12-7-13(10-14)11-15(18)9-12;1-4-10-16(11-5-1)19(17-12-6-2-7-13-17)18-14-8-3-9-15-18;1-4-14(2,3)13(17)19-16-8-11-5-12(9-16)7-15(18,6-11)10-16;1-4-13(2,3)12(15)18-9-7-5-6-8(16-7)10(9)17-11(6)14;1-15-11-18-8-4-13(3-7-17-10-6-14)5-9-19-12-16-2;5-1(6,3(9,10)11)2(7,8)4(12,13)17(14,15)16/h12-15H,5-11H2,1-4H3;1-15H;11-12,18H,4-10H2,1-3H3;6-10H,4-5H2,1-3H3;14H,3-12H2,1-2H3;(H,14,15,16)/q;+1;;;;/p-1. The minimum Gasteiger partial charge on any atom is -0.743 e. The number of benzene rings is 3. The summed E-state index contributed by atoms with van der Waals surface area (Å²) in [7, 11) is -4.24. The predicted octanol–water partition coefficient (Wildman–Crippen LogP) is 14.9. The summed E-state index contributed by atoms with van der Waals surface area (Å²) in [5.74, 6) is -11.2. The van der Waals surface area contributed by atoms with Crippen LogP contribution in [0, 0.1) is 57.7 Å². The van der Waals surface area contributed by atoms with Gasteiger partial charge in [-0.15, -0.1) is 0 Å². The highest BCUT2D eigenvalue weighted by molar-refractivity contribution is 7.97. The van der Waals surface area contributed by atoms with Crippen LogP contribution < -0.4 is 0 Å². The number of alkyl halides is 9. The lowest BCUT2D eigenvalue weighted by Crippen LogP contribution is -2.63. The Morgan fingerprint density at radius 3 is 1.38 bits per heavy atom. The molecule has 14 rings (SSSR count). The SMILES string of the molecule is CCC(C)(C)C(=O)OC1(CC)C2CC3CC(C2)CC1C3.CCC(C)(C)C(=O)OC12CC3CC(CC(O)(C3)C1)C2.CCC(C)(C)C(=O)OC1C2CC3C(=O)OC1C3O2.COCOCCN(CCOCCO)CCOCOC.O=S(=O)([O-])C(F)(F)C(F)(F)C(F)(F)C(F)(F)F.c1ccc([S+](c2ccccc2)c2ccccc2)cc1. The molecule has 20 nitrogen and oxygen atoms in total. The largest absolute Gasteiger partial charge is 0.743 e. The van der Waals surface area contributed by atoms with Gasteiger partial charge in [0.15, 0.2) is 37.0 Å². The van der Waals surface area contributed by atoms with Gasteiger partial charge in [-0.1, -0.05) is 82.3 Å². The maximum atomic E-state index is 12.6. The van der Waals surface area contributed by atoms with E-state index in [0.717, 1.165) is 76.4 Å². The average molecular weight is 1640 g/mol. The molecule has 11 fully saturated rings. The van der Waals surface area contributed by atoms with Gasteiger partial charge in [-0.2, -0.15) is 39.5 Å². The van der Waals surface area contributed by atoms with Crippen LogP contribution >= 0.6 is 0 Å². The number of ether oxygens (including phenoxy) is 10. The number of aliphatic hydroxyl groups is 2. The molecule has 7 atom stereocenters. The van der Waals surface area contributed by atoms with Crippen LogP contribution in [0.2, 0.25) is 0 Å². The van der Waals surface area contributed by atoms with Gasteiger partial charge >= 0.3 is 47.2 Å². The van der Waals surface area contributed by atoms with Gasteiger partial charge in [-0.3, -0.25) is 24.1 Å². The molecule has 0 amide bonds. The third kappa shape index (κ3) is 22.8. The zero-order valence-electron chi connectivity index (χ0n) is 66.4. The fraction of sp³-hybridized carbons (Fsp3) is 0.728. The normalized spacial score (nSPS) is 27.9. The van der Waals surface area contributed by atoms with Crippen molar-refractivity contribution in [3.8, 4) is 0 Å². The molecule has 2 N–H and O–H groups in total. The van der Waals surface area contributed by atoms with E-state index in [1.165, 1.54) is 53.2 Å². The molecule has 10 bridgehead atoms. The second-order valence-corrected chi connectivity index (χ2v) is 36.3. The second-order valence-electron chi connectivity index (χ2n) is 32.9. The molecule has 3 heterocycles. The third-order valence-electron chi connectivity index (χ3n) is 23.6. The minimum absolute atomic E-state index is 0.0146. The molecular weight excluding hydrogens is 1530 g/mol. The lowest BCUT2D eigenvalue weighted by atomic mass is 9.49. The van der Waals surface area contributed by atoms with Crippen molar-refractivity contribution in [3.05, 3.63) is 91.0 Å². The minimum atomic E-state index is -7.43. The molecular formula is C81H116F9NO19S2. The molecule has 11 aliphatic rings. The molecule has 112 heavy (non-hydrogen) atoms. The van der Waals surface area contributed by atoms with Crippen LogP contribution in [-0.2, 0) is 87.6 Å². The van der Waals surface area contributed by atoms with E-state index in [0.29, 0.717) is 82.9 Å². The topological polar surface area (TPSA) is 261 Å². The highest BCUT2D eigenvalue weighted by atomic mass is 32.2. The Labute approximate surface area is 656 Å². The van der Waals surface area contributed by atoms with E-state index in [4.69, 9.17) is 52.5 Å². The monoisotopic (exact) mass is 1640 g/mol. The molecule has 3 aromatic rings. The van der Waals surface area contributed by atoms with Crippen molar-refractivity contribution >= 4 is 44.9 Å². The number of methoxy groups -OCH3 is 2. The summed E-state index contributed by atoms with van der Waals surface area (Å²) in [4.78, 5) is 54.9. The van der Waals surface area contributed by atoms with Gasteiger partial charge in [0, 0.05) is 40.3 Å². The van der Waals surface area contributed by atoms with Gasteiger partial charge in [0.1, 0.15) is 30.9 Å². The van der Waals surface area contributed by atoms with Crippen molar-refractivity contribution in [1.82, 2.24) is 4.90 Å². The van der Waals surface area contributed by atoms with Crippen LogP contribution in [0.3, 0.4) is 0 Å². The first-order chi connectivity index (χ1) is 52.4. The van der Waals surface area contributed by atoms with E-state index in [1.807, 2.05) is 55.4 Å². The number of rotatable bonds is 31. The maximum absolute atomic E-state index is 12.6. The maximum Gasteiger partial charge on any atom is 0.460 e. The Kier molecular flexibility index (Phi) is 33.0. The number of hydrogen-bond donors (Lipinski definition) is 2. The number of esters is 4. The molecule has 3 saturated heterocycles. The number of aliphatic hydroxyl groups excluding tert-OH is 1. The molecule has 31 heteroatoms. The van der Waals surface area contributed by atoms with Crippen LogP contribution in [-0.4, -0.2) is 197 Å². The van der Waals surface area contributed by atoms with E-state index in [1.54, 1.807) is 14.2 Å². The molecule has 3 aromatic carbocycles. The van der Waals surface area contributed by atoms with E-state index in [-0.39, 0.29) is 76.1 Å². The number of nitrogens with zero attached hydrogens (tertiary/aromatic N) is 1. The van der Waals surface area contributed by atoms with Crippen LogP contribution in [0.25, 0.3) is 0 Å². The molecule has 0 aromatic heterocycles. The van der Waals surface area contributed by atoms with E-state index < -0.39 is 62.0 Å². The van der Waals surface area contributed by atoms with Crippen molar-refractivity contribution in [2.24, 2.45) is 57.7 Å². The number of hydrogen-bond acceptors (Lipinski definition) is 20. The molecule has 0 spiro atoms. The summed E-state index contributed by atoms with van der Waals surface area (Å²) >= 11 is 0. The Morgan fingerprint density at radius 2 is 0.991 bits per heavy atom. The smallest absolute Gasteiger partial charge is 0.460 e. The van der Waals surface area contributed by atoms with Gasteiger partial charge in [0.2, 0.25) is 0 Å². The number of halogens is 9. The van der Waals surface area contributed by atoms with Crippen LogP contribution in [0.1, 0.15) is 172 Å². The molecule has 8 aliphatic carbocycles. The lowest BCUT2D eigenvalue weighted by molar-refractivity contribution is -0.382. The van der Waals surface area contributed by atoms with Gasteiger partial charge in [-0.25, -0.2) is 8.42 Å². The summed E-state index contributed by atoms with van der Waals surface area (Å²) < 4.78 is 190. The highest BCUT2D eigenvalue weighted by Gasteiger charge is 2.84. The van der Waals surface area contributed by atoms with E-state index >= 15 is 0 Å².